The number of hydrogen-bond donors (Lipinski definition) is 1. The molecule has 0 unspecified atom stereocenters. The molecule has 15 heavy (non-hydrogen) atoms. The van der Waals surface area contributed by atoms with Gasteiger partial charge in [-0.1, -0.05) is 30.4 Å². The first-order valence-corrected chi connectivity index (χ1v) is 5.13. The maximum Gasteiger partial charge on any atom is 0.0528 e. The van der Waals surface area contributed by atoms with Crippen LogP contribution in [0, 0.1) is 0 Å². The van der Waals surface area contributed by atoms with Crippen molar-refractivity contribution in [3.63, 3.8) is 0 Å². The molecule has 0 aliphatic carbocycles. The molecule has 1 aromatic heterocycles. The highest BCUT2D eigenvalue weighted by molar-refractivity contribution is 5.83. The van der Waals surface area contributed by atoms with Gasteiger partial charge in [0, 0.05) is 19.3 Å². The number of nitrogens with zero attached hydrogens (tertiary/aromatic N) is 1. The fraction of sp³-hybridized carbons (Fsp3) is 0.231. The van der Waals surface area contributed by atoms with Crippen LogP contribution in [0.25, 0.3) is 10.9 Å². The van der Waals surface area contributed by atoms with E-state index in [0.717, 1.165) is 12.1 Å². The van der Waals surface area contributed by atoms with Crippen LogP contribution >= 0.6 is 0 Å². The number of benzene rings is 1. The van der Waals surface area contributed by atoms with Gasteiger partial charge >= 0.3 is 0 Å². The average Bonchev–Trinajstić information content (AvgIpc) is 2.61. The summed E-state index contributed by atoms with van der Waals surface area (Å²) >= 11 is 0. The zero-order valence-electron chi connectivity index (χ0n) is 9.03. The van der Waals surface area contributed by atoms with Crippen molar-refractivity contribution in [1.29, 1.82) is 0 Å². The van der Waals surface area contributed by atoms with Crippen molar-refractivity contribution in [1.82, 2.24) is 4.57 Å². The van der Waals surface area contributed by atoms with Gasteiger partial charge in [-0.15, -0.1) is 0 Å². The van der Waals surface area contributed by atoms with Crippen LogP contribution in [0.2, 0.25) is 0 Å². The van der Waals surface area contributed by atoms with Crippen LogP contribution in [0.5, 0.6) is 0 Å². The molecule has 2 aromatic rings. The Morgan fingerprint density at radius 1 is 1.40 bits per heavy atom. The predicted octanol–water partition coefficient (Wildman–Crippen LogP) is 2.68. The van der Waals surface area contributed by atoms with Crippen LogP contribution < -0.4 is 5.73 Å². The Bertz CT molecular complexity index is 494. The van der Waals surface area contributed by atoms with Crippen molar-refractivity contribution in [2.75, 3.05) is 0 Å². The summed E-state index contributed by atoms with van der Waals surface area (Å²) in [5.74, 6) is 0. The molecule has 78 valence electrons. The van der Waals surface area contributed by atoms with Crippen LogP contribution in [-0.2, 0) is 13.1 Å². The molecule has 0 saturated carbocycles. The second-order valence-electron chi connectivity index (χ2n) is 3.96. The van der Waals surface area contributed by atoms with Crippen molar-refractivity contribution in [3.05, 3.63) is 48.2 Å². The van der Waals surface area contributed by atoms with E-state index in [1.165, 1.54) is 16.5 Å². The van der Waals surface area contributed by atoms with Gasteiger partial charge in [0.05, 0.1) is 5.52 Å². The highest BCUT2D eigenvalue weighted by atomic mass is 15.0. The molecule has 0 aliphatic heterocycles. The Kier molecular flexibility index (Phi) is 2.60. The lowest BCUT2D eigenvalue weighted by molar-refractivity contribution is 0.816. The van der Waals surface area contributed by atoms with Gasteiger partial charge < -0.3 is 10.3 Å². The van der Waals surface area contributed by atoms with E-state index in [2.05, 4.69) is 41.6 Å². The molecule has 0 amide bonds. The largest absolute Gasteiger partial charge is 0.343 e. The number of rotatable bonds is 3. The SMILES string of the molecule is C=C(C)Cn1ccc2cccc(CN)c21. The maximum absolute atomic E-state index is 5.74. The fourth-order valence-corrected chi connectivity index (χ4v) is 1.93. The number of hydrogen-bond acceptors (Lipinski definition) is 1. The maximum atomic E-state index is 5.74. The molecule has 0 radical (unpaired) electrons. The van der Waals surface area contributed by atoms with Gasteiger partial charge in [-0.3, -0.25) is 0 Å². The van der Waals surface area contributed by atoms with Gasteiger partial charge in [0.2, 0.25) is 0 Å². The molecule has 0 aliphatic rings. The van der Waals surface area contributed by atoms with E-state index in [9.17, 15) is 0 Å². The molecule has 2 heteroatoms. The van der Waals surface area contributed by atoms with Gasteiger partial charge in [-0.05, 0) is 23.9 Å². The van der Waals surface area contributed by atoms with E-state index in [0.29, 0.717) is 6.54 Å². The summed E-state index contributed by atoms with van der Waals surface area (Å²) in [5, 5.41) is 1.25. The normalized spacial score (nSPS) is 10.8. The summed E-state index contributed by atoms with van der Waals surface area (Å²) in [5.41, 5.74) is 9.32. The monoisotopic (exact) mass is 200 g/mol. The first-order valence-electron chi connectivity index (χ1n) is 5.13. The Balaban J connectivity index is 2.60. The van der Waals surface area contributed by atoms with Gasteiger partial charge in [0.1, 0.15) is 0 Å². The van der Waals surface area contributed by atoms with Gasteiger partial charge in [-0.25, -0.2) is 0 Å². The highest BCUT2D eigenvalue weighted by Gasteiger charge is 2.04. The predicted molar refractivity (Wildman–Crippen MR) is 64.6 cm³/mol. The second-order valence-corrected chi connectivity index (χ2v) is 3.96. The zero-order chi connectivity index (χ0) is 10.8. The molecule has 2 nitrogen and oxygen atoms in total. The Morgan fingerprint density at radius 2 is 2.20 bits per heavy atom. The summed E-state index contributed by atoms with van der Waals surface area (Å²) < 4.78 is 2.21. The van der Waals surface area contributed by atoms with Crippen LogP contribution in [0.15, 0.2) is 42.6 Å². The molecule has 0 saturated heterocycles. The third-order valence-electron chi connectivity index (χ3n) is 2.53. The number of aromatic nitrogens is 1. The van der Waals surface area contributed by atoms with Crippen molar-refractivity contribution in [2.45, 2.75) is 20.0 Å². The number of allylic oxidation sites excluding steroid dienone is 1. The Morgan fingerprint density at radius 3 is 2.87 bits per heavy atom. The topological polar surface area (TPSA) is 30.9 Å². The van der Waals surface area contributed by atoms with Crippen LogP contribution in [0.3, 0.4) is 0 Å². The first kappa shape index (κ1) is 9.99. The third-order valence-corrected chi connectivity index (χ3v) is 2.53. The van der Waals surface area contributed by atoms with E-state index in [4.69, 9.17) is 5.73 Å². The third kappa shape index (κ3) is 1.81. The first-order chi connectivity index (χ1) is 7.22. The molecule has 0 bridgehead atoms. The molecule has 1 aromatic carbocycles. The van der Waals surface area contributed by atoms with Crippen molar-refractivity contribution >= 4 is 10.9 Å². The van der Waals surface area contributed by atoms with Crippen LogP contribution in [0.4, 0.5) is 0 Å². The molecule has 1 heterocycles. The summed E-state index contributed by atoms with van der Waals surface area (Å²) in [4.78, 5) is 0. The molecule has 2 N–H and O–H groups in total. The lowest BCUT2D eigenvalue weighted by atomic mass is 10.1. The number of para-hydroxylation sites is 1. The molecule has 2 rings (SSSR count). The summed E-state index contributed by atoms with van der Waals surface area (Å²) in [6, 6.07) is 8.37. The minimum absolute atomic E-state index is 0.581. The van der Waals surface area contributed by atoms with E-state index in [1.54, 1.807) is 0 Å². The van der Waals surface area contributed by atoms with Gasteiger partial charge in [-0.2, -0.15) is 0 Å². The Labute approximate surface area is 90.0 Å². The van der Waals surface area contributed by atoms with Crippen molar-refractivity contribution in [3.8, 4) is 0 Å². The van der Waals surface area contributed by atoms with Crippen LogP contribution in [-0.4, -0.2) is 4.57 Å². The zero-order valence-corrected chi connectivity index (χ0v) is 9.03. The van der Waals surface area contributed by atoms with Crippen molar-refractivity contribution in [2.24, 2.45) is 5.73 Å². The molecule has 0 spiro atoms. The van der Waals surface area contributed by atoms with E-state index in [-0.39, 0.29) is 0 Å². The van der Waals surface area contributed by atoms with E-state index >= 15 is 0 Å². The molecular formula is C13H16N2. The number of fused-ring (bicyclic) bond motifs is 1. The standard InChI is InChI=1S/C13H16N2/c1-10(2)9-15-7-6-11-4-3-5-12(8-14)13(11)15/h3-7H,1,8-9,14H2,2H3. The van der Waals surface area contributed by atoms with E-state index < -0.39 is 0 Å². The highest BCUT2D eigenvalue weighted by Crippen LogP contribution is 2.20. The summed E-state index contributed by atoms with van der Waals surface area (Å²) in [6.07, 6.45) is 2.10. The smallest absolute Gasteiger partial charge is 0.0528 e. The summed E-state index contributed by atoms with van der Waals surface area (Å²) in [7, 11) is 0. The lowest BCUT2D eigenvalue weighted by Crippen LogP contribution is -2.02. The average molecular weight is 200 g/mol. The fourth-order valence-electron chi connectivity index (χ4n) is 1.93. The second kappa shape index (κ2) is 3.91. The summed E-state index contributed by atoms with van der Waals surface area (Å²) in [6.45, 7) is 7.42. The van der Waals surface area contributed by atoms with Crippen molar-refractivity contribution < 1.29 is 0 Å². The van der Waals surface area contributed by atoms with Gasteiger partial charge in [0.15, 0.2) is 0 Å². The lowest BCUT2D eigenvalue weighted by Gasteiger charge is -2.08. The molecule has 0 fully saturated rings. The van der Waals surface area contributed by atoms with Gasteiger partial charge in [0.25, 0.3) is 0 Å². The van der Waals surface area contributed by atoms with Crippen LogP contribution in [0.1, 0.15) is 12.5 Å². The molecule has 0 atom stereocenters. The molecular weight excluding hydrogens is 184 g/mol. The minimum atomic E-state index is 0.581. The van der Waals surface area contributed by atoms with E-state index in [1.807, 2.05) is 6.92 Å². The minimum Gasteiger partial charge on any atom is -0.343 e. The number of nitrogens with two attached hydrogens (primary N) is 1. The quantitative estimate of drug-likeness (QED) is 0.759. The Hall–Kier alpha value is -1.54.